The van der Waals surface area contributed by atoms with Crippen molar-refractivity contribution in [2.24, 2.45) is 0 Å². The van der Waals surface area contributed by atoms with Gasteiger partial charge < -0.3 is 5.73 Å². The van der Waals surface area contributed by atoms with Gasteiger partial charge in [-0.05, 0) is 37.1 Å². The van der Waals surface area contributed by atoms with Crippen molar-refractivity contribution in [3.05, 3.63) is 23.8 Å². The number of anilines is 1. The molecule has 0 amide bonds. The van der Waals surface area contributed by atoms with Gasteiger partial charge in [0.1, 0.15) is 0 Å². The van der Waals surface area contributed by atoms with Crippen LogP contribution in [0.1, 0.15) is 25.3 Å². The summed E-state index contributed by atoms with van der Waals surface area (Å²) in [7, 11) is 0. The molecule has 1 aliphatic rings. The molecule has 2 aromatic rings. The van der Waals surface area contributed by atoms with Crippen LogP contribution in [-0.4, -0.2) is 22.5 Å². The van der Waals surface area contributed by atoms with E-state index in [0.29, 0.717) is 5.13 Å². The van der Waals surface area contributed by atoms with Gasteiger partial charge in [-0.25, -0.2) is 4.98 Å². The molecule has 0 aliphatic heterocycles. The Morgan fingerprint density at radius 3 is 3.00 bits per heavy atom. The average molecular weight is 247 g/mol. The SMILES string of the molecule is CCN(Cc1ccc2nc(N)sc2c1)C1CC1. The summed E-state index contributed by atoms with van der Waals surface area (Å²) in [6.45, 7) is 4.42. The molecule has 90 valence electrons. The Labute approximate surface area is 105 Å². The number of nitrogen functional groups attached to an aromatic ring is 1. The van der Waals surface area contributed by atoms with Crippen LogP contribution in [0.2, 0.25) is 0 Å². The van der Waals surface area contributed by atoms with Gasteiger partial charge in [-0.2, -0.15) is 0 Å². The molecule has 2 N–H and O–H groups in total. The molecule has 1 heterocycles. The summed E-state index contributed by atoms with van der Waals surface area (Å²) in [5.74, 6) is 0. The molecular weight excluding hydrogens is 230 g/mol. The predicted molar refractivity (Wildman–Crippen MR) is 73.1 cm³/mol. The predicted octanol–water partition coefficient (Wildman–Crippen LogP) is 2.86. The number of benzene rings is 1. The van der Waals surface area contributed by atoms with Gasteiger partial charge in [0.15, 0.2) is 5.13 Å². The van der Waals surface area contributed by atoms with E-state index in [1.807, 2.05) is 0 Å². The number of aromatic nitrogens is 1. The minimum Gasteiger partial charge on any atom is -0.375 e. The molecule has 0 bridgehead atoms. The Hall–Kier alpha value is -1.13. The van der Waals surface area contributed by atoms with E-state index in [9.17, 15) is 0 Å². The topological polar surface area (TPSA) is 42.2 Å². The third kappa shape index (κ3) is 2.28. The van der Waals surface area contributed by atoms with Crippen LogP contribution in [-0.2, 0) is 6.54 Å². The van der Waals surface area contributed by atoms with Crippen LogP contribution in [0.5, 0.6) is 0 Å². The molecule has 0 radical (unpaired) electrons. The highest BCUT2D eigenvalue weighted by atomic mass is 32.1. The summed E-state index contributed by atoms with van der Waals surface area (Å²) in [6.07, 6.45) is 2.73. The summed E-state index contributed by atoms with van der Waals surface area (Å²) in [5.41, 5.74) is 8.11. The van der Waals surface area contributed by atoms with Crippen molar-refractivity contribution < 1.29 is 0 Å². The largest absolute Gasteiger partial charge is 0.375 e. The van der Waals surface area contributed by atoms with Crippen LogP contribution in [0, 0.1) is 0 Å². The molecule has 0 spiro atoms. The highest BCUT2D eigenvalue weighted by Gasteiger charge is 2.27. The van der Waals surface area contributed by atoms with E-state index in [1.165, 1.54) is 23.1 Å². The fraction of sp³-hybridized carbons (Fsp3) is 0.462. The van der Waals surface area contributed by atoms with Crippen molar-refractivity contribution >= 4 is 26.7 Å². The van der Waals surface area contributed by atoms with Gasteiger partial charge in [-0.3, -0.25) is 4.90 Å². The van der Waals surface area contributed by atoms with E-state index >= 15 is 0 Å². The molecule has 3 nitrogen and oxygen atoms in total. The lowest BCUT2D eigenvalue weighted by atomic mass is 10.2. The van der Waals surface area contributed by atoms with Crippen molar-refractivity contribution in [2.45, 2.75) is 32.4 Å². The zero-order chi connectivity index (χ0) is 11.8. The summed E-state index contributed by atoms with van der Waals surface area (Å²) in [5, 5.41) is 0.659. The van der Waals surface area contributed by atoms with Crippen molar-refractivity contribution in [2.75, 3.05) is 12.3 Å². The van der Waals surface area contributed by atoms with Crippen LogP contribution in [0.3, 0.4) is 0 Å². The molecule has 1 aromatic carbocycles. The number of hydrogen-bond acceptors (Lipinski definition) is 4. The van der Waals surface area contributed by atoms with Crippen LogP contribution in [0.4, 0.5) is 5.13 Å². The molecule has 0 unspecified atom stereocenters. The Bertz CT molecular complexity index is 530. The van der Waals surface area contributed by atoms with Crippen LogP contribution < -0.4 is 5.73 Å². The first kappa shape index (κ1) is 11.0. The number of nitrogens with zero attached hydrogens (tertiary/aromatic N) is 2. The molecule has 1 aliphatic carbocycles. The summed E-state index contributed by atoms with van der Waals surface area (Å²) in [4.78, 5) is 6.83. The van der Waals surface area contributed by atoms with Crippen LogP contribution in [0.25, 0.3) is 10.2 Å². The van der Waals surface area contributed by atoms with Crippen molar-refractivity contribution in [3.8, 4) is 0 Å². The highest BCUT2D eigenvalue weighted by molar-refractivity contribution is 7.22. The molecule has 4 heteroatoms. The highest BCUT2D eigenvalue weighted by Crippen LogP contribution is 2.29. The van der Waals surface area contributed by atoms with Gasteiger partial charge in [0.25, 0.3) is 0 Å². The van der Waals surface area contributed by atoms with Gasteiger partial charge in [-0.15, -0.1) is 0 Å². The maximum atomic E-state index is 5.72. The summed E-state index contributed by atoms with van der Waals surface area (Å²) < 4.78 is 1.20. The third-order valence-corrected chi connectivity index (χ3v) is 4.17. The molecule has 1 saturated carbocycles. The fourth-order valence-corrected chi connectivity index (χ4v) is 3.06. The van der Waals surface area contributed by atoms with Gasteiger partial charge in [0.05, 0.1) is 10.2 Å². The van der Waals surface area contributed by atoms with E-state index in [4.69, 9.17) is 5.73 Å². The van der Waals surface area contributed by atoms with Gasteiger partial charge in [-0.1, -0.05) is 24.3 Å². The van der Waals surface area contributed by atoms with E-state index in [0.717, 1.165) is 24.6 Å². The Kier molecular flexibility index (Phi) is 2.76. The first-order valence-electron chi connectivity index (χ1n) is 6.15. The van der Waals surface area contributed by atoms with Gasteiger partial charge >= 0.3 is 0 Å². The van der Waals surface area contributed by atoms with Gasteiger partial charge in [0, 0.05) is 12.6 Å². The number of nitrogens with two attached hydrogens (primary N) is 1. The van der Waals surface area contributed by atoms with Gasteiger partial charge in [0.2, 0.25) is 0 Å². The molecule has 17 heavy (non-hydrogen) atoms. The average Bonchev–Trinajstić information content (AvgIpc) is 3.08. The maximum absolute atomic E-state index is 5.72. The smallest absolute Gasteiger partial charge is 0.181 e. The van der Waals surface area contributed by atoms with E-state index < -0.39 is 0 Å². The summed E-state index contributed by atoms with van der Waals surface area (Å²) >= 11 is 1.57. The Morgan fingerprint density at radius 2 is 2.29 bits per heavy atom. The number of thiazole rings is 1. The molecule has 1 aromatic heterocycles. The van der Waals surface area contributed by atoms with Crippen LogP contribution >= 0.6 is 11.3 Å². The van der Waals surface area contributed by atoms with Crippen LogP contribution in [0.15, 0.2) is 18.2 Å². The maximum Gasteiger partial charge on any atom is 0.181 e. The Balaban J connectivity index is 1.84. The van der Waals surface area contributed by atoms with Crippen molar-refractivity contribution in [1.29, 1.82) is 0 Å². The minimum absolute atomic E-state index is 0.659. The van der Waals surface area contributed by atoms with Crippen molar-refractivity contribution in [3.63, 3.8) is 0 Å². The second-order valence-electron chi connectivity index (χ2n) is 4.65. The molecule has 0 saturated heterocycles. The number of rotatable bonds is 4. The lowest BCUT2D eigenvalue weighted by molar-refractivity contribution is 0.269. The molecular formula is C13H17N3S. The lowest BCUT2D eigenvalue weighted by Crippen LogP contribution is -2.24. The first-order chi connectivity index (χ1) is 8.26. The Morgan fingerprint density at radius 1 is 1.47 bits per heavy atom. The first-order valence-corrected chi connectivity index (χ1v) is 6.97. The molecule has 3 rings (SSSR count). The second-order valence-corrected chi connectivity index (χ2v) is 5.71. The standard InChI is InChI=1S/C13H17N3S/c1-2-16(10-4-5-10)8-9-3-6-11-12(7-9)17-13(14)15-11/h3,6-7,10H,2,4-5,8H2,1H3,(H2,14,15). The monoisotopic (exact) mass is 247 g/mol. The normalized spacial score (nSPS) is 15.9. The van der Waals surface area contributed by atoms with E-state index in [-0.39, 0.29) is 0 Å². The third-order valence-electron chi connectivity index (χ3n) is 3.32. The number of hydrogen-bond donors (Lipinski definition) is 1. The zero-order valence-corrected chi connectivity index (χ0v) is 10.8. The summed E-state index contributed by atoms with van der Waals surface area (Å²) in [6, 6.07) is 7.31. The molecule has 0 atom stereocenters. The second kappa shape index (κ2) is 4.27. The van der Waals surface area contributed by atoms with E-state index in [2.05, 4.69) is 35.0 Å². The lowest BCUT2D eigenvalue weighted by Gasteiger charge is -2.19. The quantitative estimate of drug-likeness (QED) is 0.903. The van der Waals surface area contributed by atoms with E-state index in [1.54, 1.807) is 11.3 Å². The minimum atomic E-state index is 0.659. The molecule has 1 fully saturated rings. The van der Waals surface area contributed by atoms with Crippen molar-refractivity contribution in [1.82, 2.24) is 9.88 Å². The fourth-order valence-electron chi connectivity index (χ4n) is 2.26. The zero-order valence-electron chi connectivity index (χ0n) is 10.0. The number of fused-ring (bicyclic) bond motifs is 1.